The highest BCUT2D eigenvalue weighted by Crippen LogP contribution is 2.12. The van der Waals surface area contributed by atoms with E-state index in [1.807, 2.05) is 25.1 Å². The highest BCUT2D eigenvalue weighted by atomic mass is 16.1. The van der Waals surface area contributed by atoms with Gasteiger partial charge in [0.2, 0.25) is 11.8 Å². The first-order valence-corrected chi connectivity index (χ1v) is 6.98. The van der Waals surface area contributed by atoms with Crippen LogP contribution >= 0.6 is 0 Å². The molecule has 1 aromatic heterocycles. The van der Waals surface area contributed by atoms with E-state index in [4.69, 9.17) is 5.73 Å². The van der Waals surface area contributed by atoms with Crippen LogP contribution in [0, 0.1) is 0 Å². The number of amides is 2. The van der Waals surface area contributed by atoms with Crippen molar-refractivity contribution in [2.24, 2.45) is 5.73 Å². The Labute approximate surface area is 134 Å². The summed E-state index contributed by atoms with van der Waals surface area (Å²) in [6, 6.07) is 10.3. The lowest BCUT2D eigenvalue weighted by Crippen LogP contribution is -2.11. The number of hydrogen-bond acceptors (Lipinski definition) is 4. The van der Waals surface area contributed by atoms with E-state index < -0.39 is 5.91 Å². The zero-order valence-electron chi connectivity index (χ0n) is 13.0. The summed E-state index contributed by atoms with van der Waals surface area (Å²) in [7, 11) is 3.84. The lowest BCUT2D eigenvalue weighted by molar-refractivity contribution is -0.111. The Balaban J connectivity index is 1.97. The summed E-state index contributed by atoms with van der Waals surface area (Å²) in [5, 5.41) is 2.68. The number of nitrogens with zero attached hydrogens (tertiary/aromatic N) is 2. The van der Waals surface area contributed by atoms with Crippen molar-refractivity contribution >= 4 is 29.4 Å². The molecule has 2 rings (SSSR count). The average Bonchev–Trinajstić information content (AvgIpc) is 2.54. The lowest BCUT2D eigenvalue weighted by atomic mass is 10.1. The van der Waals surface area contributed by atoms with E-state index in [1.165, 1.54) is 6.08 Å². The first kappa shape index (κ1) is 16.2. The van der Waals surface area contributed by atoms with Gasteiger partial charge in [-0.15, -0.1) is 0 Å². The van der Waals surface area contributed by atoms with Crippen LogP contribution in [0.25, 0.3) is 6.08 Å². The van der Waals surface area contributed by atoms with Crippen molar-refractivity contribution in [2.75, 3.05) is 24.3 Å². The van der Waals surface area contributed by atoms with Crippen LogP contribution in [-0.4, -0.2) is 30.9 Å². The molecule has 2 amide bonds. The Bertz CT molecular complexity index is 719. The third kappa shape index (κ3) is 4.67. The van der Waals surface area contributed by atoms with Crippen LogP contribution in [0.4, 0.5) is 11.5 Å². The SMILES string of the molecule is CN(C)c1ccc(NC(=O)C=Cc2ccc(C(N)=O)cc2)nc1. The third-order valence-corrected chi connectivity index (χ3v) is 3.14. The Morgan fingerprint density at radius 2 is 1.83 bits per heavy atom. The molecule has 118 valence electrons. The molecule has 0 spiro atoms. The summed E-state index contributed by atoms with van der Waals surface area (Å²) in [4.78, 5) is 28.9. The Hall–Kier alpha value is -3.15. The van der Waals surface area contributed by atoms with Crippen LogP contribution in [0.1, 0.15) is 15.9 Å². The third-order valence-electron chi connectivity index (χ3n) is 3.14. The molecule has 0 atom stereocenters. The number of primary amides is 1. The van der Waals surface area contributed by atoms with Crippen LogP contribution in [0.5, 0.6) is 0 Å². The molecule has 2 aromatic rings. The van der Waals surface area contributed by atoms with Gasteiger partial charge in [-0.05, 0) is 35.9 Å². The Morgan fingerprint density at radius 3 is 2.35 bits per heavy atom. The molecule has 0 aliphatic heterocycles. The molecule has 23 heavy (non-hydrogen) atoms. The second kappa shape index (κ2) is 7.22. The van der Waals surface area contributed by atoms with Gasteiger partial charge in [0.05, 0.1) is 11.9 Å². The van der Waals surface area contributed by atoms with E-state index in [1.54, 1.807) is 42.6 Å². The number of carbonyl (C=O) groups is 2. The van der Waals surface area contributed by atoms with E-state index in [0.717, 1.165) is 11.3 Å². The molecule has 0 saturated carbocycles. The standard InChI is InChI=1S/C17H18N4O2/c1-21(2)14-8-9-15(19-11-14)20-16(22)10-5-12-3-6-13(7-4-12)17(18)23/h3-11H,1-2H3,(H2,18,23)(H,19,20,22). The van der Waals surface area contributed by atoms with Crippen molar-refractivity contribution in [3.8, 4) is 0 Å². The number of aromatic nitrogens is 1. The van der Waals surface area contributed by atoms with Crippen LogP contribution in [-0.2, 0) is 4.79 Å². The number of hydrogen-bond donors (Lipinski definition) is 2. The zero-order chi connectivity index (χ0) is 16.8. The molecule has 0 bridgehead atoms. The second-order valence-electron chi connectivity index (χ2n) is 5.10. The first-order chi connectivity index (χ1) is 11.0. The van der Waals surface area contributed by atoms with Gasteiger partial charge in [-0.2, -0.15) is 0 Å². The Morgan fingerprint density at radius 1 is 1.13 bits per heavy atom. The molecule has 0 aliphatic carbocycles. The first-order valence-electron chi connectivity index (χ1n) is 6.98. The van der Waals surface area contributed by atoms with Gasteiger partial charge in [-0.25, -0.2) is 4.98 Å². The fourth-order valence-electron chi connectivity index (χ4n) is 1.82. The van der Waals surface area contributed by atoms with Crippen LogP contribution < -0.4 is 16.0 Å². The summed E-state index contributed by atoms with van der Waals surface area (Å²) < 4.78 is 0. The summed E-state index contributed by atoms with van der Waals surface area (Å²) in [5.74, 6) is -0.283. The summed E-state index contributed by atoms with van der Waals surface area (Å²) >= 11 is 0. The maximum Gasteiger partial charge on any atom is 0.249 e. The molecule has 0 fully saturated rings. The summed E-state index contributed by atoms with van der Waals surface area (Å²) in [6.45, 7) is 0. The maximum absolute atomic E-state index is 11.9. The monoisotopic (exact) mass is 310 g/mol. The minimum absolute atomic E-state index is 0.283. The molecule has 0 aliphatic rings. The fraction of sp³-hybridized carbons (Fsp3) is 0.118. The van der Waals surface area contributed by atoms with E-state index in [2.05, 4.69) is 10.3 Å². The maximum atomic E-state index is 11.9. The molecule has 6 heteroatoms. The molecule has 3 N–H and O–H groups in total. The molecule has 0 unspecified atom stereocenters. The fourth-order valence-corrected chi connectivity index (χ4v) is 1.82. The van der Waals surface area contributed by atoms with E-state index in [0.29, 0.717) is 11.4 Å². The number of anilines is 2. The lowest BCUT2D eigenvalue weighted by Gasteiger charge is -2.11. The normalized spacial score (nSPS) is 10.5. The number of pyridine rings is 1. The number of benzene rings is 1. The van der Waals surface area contributed by atoms with Crippen molar-refractivity contribution < 1.29 is 9.59 Å². The molecular formula is C17H18N4O2. The van der Waals surface area contributed by atoms with Gasteiger partial charge in [0, 0.05) is 25.7 Å². The van der Waals surface area contributed by atoms with Crippen LogP contribution in [0.15, 0.2) is 48.7 Å². The predicted molar refractivity (Wildman–Crippen MR) is 91.2 cm³/mol. The van der Waals surface area contributed by atoms with Gasteiger partial charge in [0.25, 0.3) is 0 Å². The molecule has 0 radical (unpaired) electrons. The van der Waals surface area contributed by atoms with E-state index >= 15 is 0 Å². The highest BCUT2D eigenvalue weighted by molar-refractivity contribution is 6.01. The number of nitrogens with one attached hydrogen (secondary N) is 1. The van der Waals surface area contributed by atoms with Gasteiger partial charge in [0.1, 0.15) is 5.82 Å². The quantitative estimate of drug-likeness (QED) is 0.826. The second-order valence-corrected chi connectivity index (χ2v) is 5.10. The van der Waals surface area contributed by atoms with Gasteiger partial charge in [-0.3, -0.25) is 9.59 Å². The largest absolute Gasteiger partial charge is 0.376 e. The van der Waals surface area contributed by atoms with E-state index in [9.17, 15) is 9.59 Å². The zero-order valence-corrected chi connectivity index (χ0v) is 13.0. The van der Waals surface area contributed by atoms with Crippen molar-refractivity contribution in [2.45, 2.75) is 0 Å². The molecule has 6 nitrogen and oxygen atoms in total. The molecule has 1 heterocycles. The van der Waals surface area contributed by atoms with Crippen molar-refractivity contribution in [3.63, 3.8) is 0 Å². The minimum atomic E-state index is -0.481. The Kier molecular flexibility index (Phi) is 5.09. The molecule has 0 saturated heterocycles. The van der Waals surface area contributed by atoms with Crippen LogP contribution in [0.2, 0.25) is 0 Å². The van der Waals surface area contributed by atoms with E-state index in [-0.39, 0.29) is 5.91 Å². The van der Waals surface area contributed by atoms with Crippen molar-refractivity contribution in [3.05, 3.63) is 59.8 Å². The average molecular weight is 310 g/mol. The smallest absolute Gasteiger partial charge is 0.249 e. The van der Waals surface area contributed by atoms with Gasteiger partial charge in [-0.1, -0.05) is 12.1 Å². The highest BCUT2D eigenvalue weighted by Gasteiger charge is 2.01. The van der Waals surface area contributed by atoms with Crippen molar-refractivity contribution in [1.82, 2.24) is 4.98 Å². The topological polar surface area (TPSA) is 88.3 Å². The summed E-state index contributed by atoms with van der Waals surface area (Å²) in [5.41, 5.74) is 7.34. The van der Waals surface area contributed by atoms with Gasteiger partial charge in [0.15, 0.2) is 0 Å². The predicted octanol–water partition coefficient (Wildman–Crippen LogP) is 1.90. The molecule has 1 aromatic carbocycles. The number of carbonyl (C=O) groups excluding carboxylic acids is 2. The number of rotatable bonds is 5. The summed E-state index contributed by atoms with van der Waals surface area (Å²) in [6.07, 6.45) is 4.73. The van der Waals surface area contributed by atoms with Crippen LogP contribution in [0.3, 0.4) is 0 Å². The van der Waals surface area contributed by atoms with Gasteiger partial charge < -0.3 is 16.0 Å². The molecular weight excluding hydrogens is 292 g/mol. The number of nitrogens with two attached hydrogens (primary N) is 1. The minimum Gasteiger partial charge on any atom is -0.376 e. The van der Waals surface area contributed by atoms with Crippen molar-refractivity contribution in [1.29, 1.82) is 0 Å². The van der Waals surface area contributed by atoms with Gasteiger partial charge >= 0.3 is 0 Å².